The van der Waals surface area contributed by atoms with E-state index in [1.165, 1.54) is 0 Å². The molecule has 2 amide bonds. The van der Waals surface area contributed by atoms with Gasteiger partial charge in [0, 0.05) is 37.7 Å². The summed E-state index contributed by atoms with van der Waals surface area (Å²) in [7, 11) is 0. The van der Waals surface area contributed by atoms with Crippen LogP contribution in [0.25, 0.3) is 5.57 Å². The number of hydrogen-bond acceptors (Lipinski definition) is 3. The van der Waals surface area contributed by atoms with E-state index in [1.54, 1.807) is 0 Å². The minimum absolute atomic E-state index is 0.0123. The van der Waals surface area contributed by atoms with Crippen LogP contribution in [0, 0.1) is 5.92 Å². The average Bonchev–Trinajstić information content (AvgIpc) is 2.88. The molecule has 0 spiro atoms. The van der Waals surface area contributed by atoms with E-state index in [-0.39, 0.29) is 36.0 Å². The number of Topliss-reactive ketones (excluding diaryl/α,β-unsaturated/α-hetero) is 1. The van der Waals surface area contributed by atoms with Gasteiger partial charge in [0.25, 0.3) is 0 Å². The third-order valence-electron chi connectivity index (χ3n) is 6.36. The summed E-state index contributed by atoms with van der Waals surface area (Å²) in [6.07, 6.45) is 4.12. The maximum atomic E-state index is 13.1. The predicted molar refractivity (Wildman–Crippen MR) is 107 cm³/mol. The zero-order chi connectivity index (χ0) is 19.7. The van der Waals surface area contributed by atoms with E-state index >= 15 is 0 Å². The molecule has 2 atom stereocenters. The molecule has 3 aliphatic heterocycles. The number of carbonyl (C=O) groups is 3. The van der Waals surface area contributed by atoms with Crippen molar-refractivity contribution in [1.29, 1.82) is 0 Å². The summed E-state index contributed by atoms with van der Waals surface area (Å²) in [4.78, 5) is 42.2. The maximum Gasteiger partial charge on any atom is 0.227 e. The first-order valence-corrected chi connectivity index (χ1v) is 10.5. The summed E-state index contributed by atoms with van der Waals surface area (Å²) in [5.74, 6) is 0.195. The molecule has 148 valence electrons. The summed E-state index contributed by atoms with van der Waals surface area (Å²) in [5, 5.41) is 0. The molecule has 0 unspecified atom stereocenters. The summed E-state index contributed by atoms with van der Waals surface area (Å²) < 4.78 is 0. The number of allylic oxidation sites excluding steroid dienone is 1. The average molecular weight is 380 g/mol. The Morgan fingerprint density at radius 3 is 2.61 bits per heavy atom. The lowest BCUT2D eigenvalue weighted by molar-refractivity contribution is -0.139. The van der Waals surface area contributed by atoms with Crippen molar-refractivity contribution in [3.05, 3.63) is 41.5 Å². The van der Waals surface area contributed by atoms with E-state index in [2.05, 4.69) is 6.92 Å². The van der Waals surface area contributed by atoms with Crippen LogP contribution in [-0.2, 0) is 14.4 Å². The van der Waals surface area contributed by atoms with Crippen molar-refractivity contribution < 1.29 is 14.4 Å². The van der Waals surface area contributed by atoms with Crippen LogP contribution < -0.4 is 0 Å². The molecule has 28 heavy (non-hydrogen) atoms. The fourth-order valence-corrected chi connectivity index (χ4v) is 4.91. The van der Waals surface area contributed by atoms with E-state index in [9.17, 15) is 14.4 Å². The molecule has 4 aliphatic rings. The molecule has 2 bridgehead atoms. The number of nitrogens with zero attached hydrogens (tertiary/aromatic N) is 2. The lowest BCUT2D eigenvalue weighted by Gasteiger charge is -2.35. The van der Waals surface area contributed by atoms with Gasteiger partial charge < -0.3 is 9.80 Å². The number of benzene rings is 1. The van der Waals surface area contributed by atoms with Gasteiger partial charge in [-0.3, -0.25) is 14.4 Å². The molecule has 0 radical (unpaired) electrons. The maximum absolute atomic E-state index is 13.1. The van der Waals surface area contributed by atoms with Crippen molar-refractivity contribution in [3.8, 4) is 0 Å². The molecular formula is C23H28N2O3. The molecule has 5 nitrogen and oxygen atoms in total. The van der Waals surface area contributed by atoms with Gasteiger partial charge in [0.05, 0.1) is 12.3 Å². The Balaban J connectivity index is 1.53. The fourth-order valence-electron chi connectivity index (χ4n) is 4.91. The SMILES string of the molecule is CCCN1C(=O)[C@H]2CC[C@@H]1CN(C(=O)CC1=C(c3ccccc3)CCC1=O)C2. The van der Waals surface area contributed by atoms with Gasteiger partial charge in [0.2, 0.25) is 11.8 Å². The minimum atomic E-state index is -0.0869. The van der Waals surface area contributed by atoms with Gasteiger partial charge in [0.1, 0.15) is 0 Å². The first kappa shape index (κ1) is 18.9. The predicted octanol–water partition coefficient (Wildman–Crippen LogP) is 3.05. The van der Waals surface area contributed by atoms with Crippen molar-refractivity contribution in [2.45, 2.75) is 51.5 Å². The van der Waals surface area contributed by atoms with Crippen molar-refractivity contribution in [2.24, 2.45) is 5.92 Å². The molecule has 1 aliphatic carbocycles. The normalized spacial score (nSPS) is 24.9. The first-order valence-electron chi connectivity index (χ1n) is 10.5. The van der Waals surface area contributed by atoms with Crippen molar-refractivity contribution in [1.82, 2.24) is 9.80 Å². The number of hydrogen-bond donors (Lipinski definition) is 0. The number of fused-ring (bicyclic) bond motifs is 4. The summed E-state index contributed by atoms with van der Waals surface area (Å²) >= 11 is 0. The molecule has 3 fully saturated rings. The van der Waals surface area contributed by atoms with Crippen molar-refractivity contribution in [3.63, 3.8) is 0 Å². The van der Waals surface area contributed by atoms with Crippen LogP contribution in [-0.4, -0.2) is 53.1 Å². The van der Waals surface area contributed by atoms with Crippen LogP contribution in [0.2, 0.25) is 0 Å². The Hall–Kier alpha value is -2.43. The van der Waals surface area contributed by atoms with Crippen LogP contribution >= 0.6 is 0 Å². The number of amides is 2. The molecule has 5 heteroatoms. The van der Waals surface area contributed by atoms with Crippen LogP contribution in [0.3, 0.4) is 0 Å². The van der Waals surface area contributed by atoms with Crippen LogP contribution in [0.4, 0.5) is 0 Å². The molecular weight excluding hydrogens is 352 g/mol. The van der Waals surface area contributed by atoms with Crippen LogP contribution in [0.1, 0.15) is 51.0 Å². The highest BCUT2D eigenvalue weighted by Gasteiger charge is 2.41. The van der Waals surface area contributed by atoms with E-state index in [4.69, 9.17) is 0 Å². The standard InChI is InChI=1S/C23H28N2O3/c1-2-12-25-18-9-8-17(23(25)28)14-24(15-18)22(27)13-20-19(10-11-21(20)26)16-6-4-3-5-7-16/h3-7,17-18H,2,8-15H2,1H3/t17-,18+/m0/s1. The Morgan fingerprint density at radius 1 is 1.07 bits per heavy atom. The third-order valence-corrected chi connectivity index (χ3v) is 6.36. The Labute approximate surface area is 166 Å². The monoisotopic (exact) mass is 380 g/mol. The largest absolute Gasteiger partial charge is 0.340 e. The van der Waals surface area contributed by atoms with Gasteiger partial charge >= 0.3 is 0 Å². The Morgan fingerprint density at radius 2 is 1.86 bits per heavy atom. The molecule has 0 N–H and O–H groups in total. The van der Waals surface area contributed by atoms with Gasteiger partial charge in [-0.1, -0.05) is 37.3 Å². The second-order valence-corrected chi connectivity index (χ2v) is 8.18. The fraction of sp³-hybridized carbons (Fsp3) is 0.522. The molecule has 1 aromatic rings. The Bertz CT molecular complexity index is 814. The first-order chi connectivity index (χ1) is 13.6. The second-order valence-electron chi connectivity index (χ2n) is 8.18. The van der Waals surface area contributed by atoms with E-state index in [0.717, 1.165) is 36.9 Å². The van der Waals surface area contributed by atoms with Crippen molar-refractivity contribution >= 4 is 23.2 Å². The second kappa shape index (κ2) is 7.90. The van der Waals surface area contributed by atoms with Gasteiger partial charge in [-0.2, -0.15) is 0 Å². The number of piperidine rings is 1. The lowest BCUT2D eigenvalue weighted by Crippen LogP contribution is -2.48. The molecule has 0 saturated carbocycles. The highest BCUT2D eigenvalue weighted by atomic mass is 16.2. The van der Waals surface area contributed by atoms with Crippen LogP contribution in [0.15, 0.2) is 35.9 Å². The topological polar surface area (TPSA) is 57.7 Å². The van der Waals surface area contributed by atoms with Gasteiger partial charge in [-0.05, 0) is 36.8 Å². The lowest BCUT2D eigenvalue weighted by atomic mass is 9.94. The van der Waals surface area contributed by atoms with E-state index < -0.39 is 0 Å². The van der Waals surface area contributed by atoms with Gasteiger partial charge in [-0.15, -0.1) is 0 Å². The molecule has 5 rings (SSSR count). The number of rotatable bonds is 5. The molecule has 3 saturated heterocycles. The summed E-state index contributed by atoms with van der Waals surface area (Å²) in [6, 6.07) is 10.0. The summed E-state index contributed by atoms with van der Waals surface area (Å²) in [5.41, 5.74) is 2.72. The minimum Gasteiger partial charge on any atom is -0.340 e. The van der Waals surface area contributed by atoms with Crippen molar-refractivity contribution in [2.75, 3.05) is 19.6 Å². The number of carbonyl (C=O) groups excluding carboxylic acids is 3. The summed E-state index contributed by atoms with van der Waals surface area (Å²) in [6.45, 7) is 3.95. The highest BCUT2D eigenvalue weighted by Crippen LogP contribution is 2.35. The quantitative estimate of drug-likeness (QED) is 0.789. The molecule has 3 heterocycles. The van der Waals surface area contributed by atoms with E-state index in [1.807, 2.05) is 40.1 Å². The third kappa shape index (κ3) is 3.50. The zero-order valence-electron chi connectivity index (χ0n) is 16.5. The van der Waals surface area contributed by atoms with Gasteiger partial charge in [0.15, 0.2) is 5.78 Å². The highest BCUT2D eigenvalue weighted by molar-refractivity contribution is 6.10. The number of ketones is 1. The zero-order valence-corrected chi connectivity index (χ0v) is 16.5. The molecule has 1 aromatic carbocycles. The Kier molecular flexibility index (Phi) is 5.33. The van der Waals surface area contributed by atoms with Gasteiger partial charge in [-0.25, -0.2) is 0 Å². The molecule has 0 aromatic heterocycles. The van der Waals surface area contributed by atoms with E-state index in [0.29, 0.717) is 31.5 Å². The van der Waals surface area contributed by atoms with Crippen LogP contribution in [0.5, 0.6) is 0 Å². The smallest absolute Gasteiger partial charge is 0.227 e.